The van der Waals surface area contributed by atoms with Gasteiger partial charge in [0.15, 0.2) is 0 Å². The fourth-order valence-corrected chi connectivity index (χ4v) is 2.82. The third-order valence-corrected chi connectivity index (χ3v) is 5.65. The Balaban J connectivity index is 2.57. The van der Waals surface area contributed by atoms with Crippen molar-refractivity contribution in [3.8, 4) is 12.1 Å². The standard InChI is InChI=1S/C24H26N4/c1-17-11-7-9-13-19(17)27-21(15-25)23(3,4)24(5,6)22(16-26)28-20-14-10-8-12-18(20)2/h7-14H,1-6H3. The van der Waals surface area contributed by atoms with Gasteiger partial charge in [0.1, 0.15) is 23.6 Å². The molecule has 0 aliphatic heterocycles. The lowest BCUT2D eigenvalue weighted by molar-refractivity contribution is 0.290. The van der Waals surface area contributed by atoms with E-state index in [1.54, 1.807) is 0 Å². The zero-order chi connectivity index (χ0) is 20.9. The number of hydrogen-bond acceptors (Lipinski definition) is 4. The zero-order valence-corrected chi connectivity index (χ0v) is 17.4. The molecule has 0 heterocycles. The van der Waals surface area contributed by atoms with E-state index in [1.807, 2.05) is 90.1 Å². The molecule has 0 spiro atoms. The number of hydrogen-bond donors (Lipinski definition) is 0. The molecule has 2 rings (SSSR count). The summed E-state index contributed by atoms with van der Waals surface area (Å²) in [5.41, 5.74) is 2.85. The van der Waals surface area contributed by atoms with E-state index in [0.717, 1.165) is 22.5 Å². The highest BCUT2D eigenvalue weighted by atomic mass is 14.8. The molecule has 0 aliphatic rings. The minimum atomic E-state index is -0.707. The Morgan fingerprint density at radius 1 is 0.679 bits per heavy atom. The van der Waals surface area contributed by atoms with Crippen LogP contribution < -0.4 is 0 Å². The molecular weight excluding hydrogens is 344 g/mol. The molecule has 0 aromatic heterocycles. The number of aliphatic imine (C=N–C) groups is 2. The molecule has 0 unspecified atom stereocenters. The maximum atomic E-state index is 9.86. The molecule has 0 bridgehead atoms. The van der Waals surface area contributed by atoms with E-state index < -0.39 is 10.8 Å². The lowest BCUT2D eigenvalue weighted by atomic mass is 9.63. The fraction of sp³-hybridized carbons (Fsp3) is 0.333. The van der Waals surface area contributed by atoms with Crippen molar-refractivity contribution >= 4 is 22.8 Å². The minimum Gasteiger partial charge on any atom is -0.241 e. The van der Waals surface area contributed by atoms with E-state index >= 15 is 0 Å². The quantitative estimate of drug-likeness (QED) is 0.584. The molecule has 0 fully saturated rings. The van der Waals surface area contributed by atoms with Crippen LogP contribution in [0.2, 0.25) is 0 Å². The first-order chi connectivity index (χ1) is 13.1. The SMILES string of the molecule is Cc1ccccc1N=C(C#N)C(C)(C)C(C)(C)C(C#N)=Nc1ccccc1C. The summed E-state index contributed by atoms with van der Waals surface area (Å²) < 4.78 is 0. The third kappa shape index (κ3) is 4.02. The van der Waals surface area contributed by atoms with Crippen LogP contribution in [0.25, 0.3) is 0 Å². The van der Waals surface area contributed by atoms with Crippen molar-refractivity contribution in [2.24, 2.45) is 20.8 Å². The normalized spacial score (nSPS) is 13.0. The third-order valence-electron chi connectivity index (χ3n) is 5.65. The van der Waals surface area contributed by atoms with Crippen molar-refractivity contribution in [2.75, 3.05) is 0 Å². The molecule has 4 nitrogen and oxygen atoms in total. The van der Waals surface area contributed by atoms with Gasteiger partial charge in [-0.2, -0.15) is 10.5 Å². The molecule has 28 heavy (non-hydrogen) atoms. The van der Waals surface area contributed by atoms with E-state index in [-0.39, 0.29) is 0 Å². The van der Waals surface area contributed by atoms with Gasteiger partial charge in [-0.1, -0.05) is 64.1 Å². The number of rotatable bonds is 5. The van der Waals surface area contributed by atoms with Crippen molar-refractivity contribution in [3.63, 3.8) is 0 Å². The van der Waals surface area contributed by atoms with Gasteiger partial charge in [0, 0.05) is 10.8 Å². The van der Waals surface area contributed by atoms with Gasteiger partial charge in [0.05, 0.1) is 11.4 Å². The summed E-state index contributed by atoms with van der Waals surface area (Å²) in [7, 11) is 0. The Morgan fingerprint density at radius 2 is 1.00 bits per heavy atom. The number of benzene rings is 2. The first-order valence-corrected chi connectivity index (χ1v) is 9.25. The maximum Gasteiger partial charge on any atom is 0.124 e. The van der Waals surface area contributed by atoms with Gasteiger partial charge in [0.25, 0.3) is 0 Å². The van der Waals surface area contributed by atoms with Crippen molar-refractivity contribution < 1.29 is 0 Å². The first-order valence-electron chi connectivity index (χ1n) is 9.25. The Bertz CT molecular complexity index is 928. The van der Waals surface area contributed by atoms with Crippen LogP contribution in [0.1, 0.15) is 38.8 Å². The van der Waals surface area contributed by atoms with E-state index in [1.165, 1.54) is 0 Å². The monoisotopic (exact) mass is 370 g/mol. The van der Waals surface area contributed by atoms with E-state index in [9.17, 15) is 10.5 Å². The summed E-state index contributed by atoms with van der Waals surface area (Å²) in [6, 6.07) is 19.9. The van der Waals surface area contributed by atoms with E-state index in [4.69, 9.17) is 0 Å². The first kappa shape index (κ1) is 21.1. The molecule has 0 saturated carbocycles. The summed E-state index contributed by atoms with van der Waals surface area (Å²) in [6.45, 7) is 11.7. The number of nitriles is 2. The molecule has 2 aromatic carbocycles. The van der Waals surface area contributed by atoms with Crippen LogP contribution in [-0.2, 0) is 0 Å². The smallest absolute Gasteiger partial charge is 0.124 e. The molecule has 142 valence electrons. The summed E-state index contributed by atoms with van der Waals surface area (Å²) in [6.07, 6.45) is 0. The molecule has 0 N–H and O–H groups in total. The minimum absolute atomic E-state index is 0.375. The van der Waals surface area contributed by atoms with Gasteiger partial charge in [0.2, 0.25) is 0 Å². The van der Waals surface area contributed by atoms with Crippen molar-refractivity contribution in [1.29, 1.82) is 10.5 Å². The Kier molecular flexibility index (Phi) is 6.16. The largest absolute Gasteiger partial charge is 0.241 e. The molecule has 0 saturated heterocycles. The highest BCUT2D eigenvalue weighted by Crippen LogP contribution is 2.42. The summed E-state index contributed by atoms with van der Waals surface area (Å²) >= 11 is 0. The van der Waals surface area contributed by atoms with Gasteiger partial charge in [-0.05, 0) is 37.1 Å². The lowest BCUT2D eigenvalue weighted by Gasteiger charge is -2.39. The average molecular weight is 371 g/mol. The number of nitrogens with zero attached hydrogens (tertiary/aromatic N) is 4. The topological polar surface area (TPSA) is 72.3 Å². The number of aryl methyl sites for hydroxylation is 2. The molecule has 2 aromatic rings. The number of para-hydroxylation sites is 2. The average Bonchev–Trinajstić information content (AvgIpc) is 2.66. The Labute approximate surface area is 167 Å². The van der Waals surface area contributed by atoms with Gasteiger partial charge in [-0.25, -0.2) is 9.98 Å². The second kappa shape index (κ2) is 8.19. The van der Waals surface area contributed by atoms with Crippen molar-refractivity contribution in [1.82, 2.24) is 0 Å². The van der Waals surface area contributed by atoms with Crippen LogP contribution in [0.15, 0.2) is 58.5 Å². The lowest BCUT2D eigenvalue weighted by Crippen LogP contribution is -2.44. The highest BCUT2D eigenvalue weighted by Gasteiger charge is 2.45. The fourth-order valence-electron chi connectivity index (χ4n) is 2.82. The second-order valence-corrected chi connectivity index (χ2v) is 7.97. The van der Waals surface area contributed by atoms with E-state index in [0.29, 0.717) is 11.4 Å². The Morgan fingerprint density at radius 3 is 1.29 bits per heavy atom. The van der Waals surface area contributed by atoms with Crippen LogP contribution in [0.5, 0.6) is 0 Å². The Hall–Kier alpha value is -3.24. The molecule has 0 atom stereocenters. The van der Waals surface area contributed by atoms with Gasteiger partial charge in [-0.15, -0.1) is 0 Å². The van der Waals surface area contributed by atoms with Crippen LogP contribution >= 0.6 is 0 Å². The predicted octanol–water partition coefficient (Wildman–Crippen LogP) is 6.25. The second-order valence-electron chi connectivity index (χ2n) is 7.97. The predicted molar refractivity (Wildman–Crippen MR) is 115 cm³/mol. The summed E-state index contributed by atoms with van der Waals surface area (Å²) in [5, 5.41) is 19.7. The van der Waals surface area contributed by atoms with Crippen molar-refractivity contribution in [2.45, 2.75) is 41.5 Å². The summed E-state index contributed by atoms with van der Waals surface area (Å²) in [4.78, 5) is 9.29. The van der Waals surface area contributed by atoms with Gasteiger partial charge < -0.3 is 0 Å². The highest BCUT2D eigenvalue weighted by molar-refractivity contribution is 6.12. The molecule has 0 aliphatic carbocycles. The van der Waals surface area contributed by atoms with Crippen LogP contribution in [0.3, 0.4) is 0 Å². The molecule has 0 amide bonds. The summed E-state index contributed by atoms with van der Waals surface area (Å²) in [5.74, 6) is 0. The maximum absolute atomic E-state index is 9.86. The van der Waals surface area contributed by atoms with Crippen LogP contribution in [0.4, 0.5) is 11.4 Å². The van der Waals surface area contributed by atoms with Gasteiger partial charge >= 0.3 is 0 Å². The van der Waals surface area contributed by atoms with Gasteiger partial charge in [-0.3, -0.25) is 0 Å². The molecule has 0 radical (unpaired) electrons. The molecular formula is C24H26N4. The van der Waals surface area contributed by atoms with Crippen LogP contribution in [-0.4, -0.2) is 11.4 Å². The van der Waals surface area contributed by atoms with E-state index in [2.05, 4.69) is 22.1 Å². The molecule has 4 heteroatoms. The van der Waals surface area contributed by atoms with Crippen molar-refractivity contribution in [3.05, 3.63) is 59.7 Å². The van der Waals surface area contributed by atoms with Crippen LogP contribution in [0, 0.1) is 47.3 Å². The zero-order valence-electron chi connectivity index (χ0n) is 17.4.